The van der Waals surface area contributed by atoms with Gasteiger partial charge in [-0.3, -0.25) is 0 Å². The highest BCUT2D eigenvalue weighted by Gasteiger charge is 2.17. The van der Waals surface area contributed by atoms with E-state index < -0.39 is 0 Å². The van der Waals surface area contributed by atoms with E-state index in [2.05, 4.69) is 29.8 Å². The van der Waals surface area contributed by atoms with E-state index in [1.165, 1.54) is 0 Å². The highest BCUT2D eigenvalue weighted by Crippen LogP contribution is 2.29. The molecule has 15 heavy (non-hydrogen) atoms. The molecule has 0 aliphatic carbocycles. The number of ether oxygens (including phenoxy) is 1. The van der Waals surface area contributed by atoms with Gasteiger partial charge in [0.05, 0.1) is 11.6 Å². The molecule has 0 saturated heterocycles. The van der Waals surface area contributed by atoms with Crippen LogP contribution in [0, 0.1) is 5.41 Å². The average Bonchev–Trinajstić information content (AvgIpc) is 2.16. The number of benzene rings is 1. The predicted molar refractivity (Wildman–Crippen MR) is 69.5 cm³/mol. The zero-order chi connectivity index (χ0) is 11.5. The van der Waals surface area contributed by atoms with E-state index in [9.17, 15) is 0 Å². The summed E-state index contributed by atoms with van der Waals surface area (Å²) in [5.74, 6) is 0.676. The number of halogens is 3. The largest absolute Gasteiger partial charge is 0.491 e. The van der Waals surface area contributed by atoms with Crippen molar-refractivity contribution in [3.63, 3.8) is 0 Å². The molecule has 0 unspecified atom stereocenters. The van der Waals surface area contributed by atoms with Crippen molar-refractivity contribution in [3.05, 3.63) is 28.2 Å². The minimum Gasteiger partial charge on any atom is -0.491 e. The van der Waals surface area contributed by atoms with E-state index in [1.807, 2.05) is 0 Å². The summed E-state index contributed by atoms with van der Waals surface area (Å²) < 4.78 is 5.63. The number of hydrogen-bond donors (Lipinski definition) is 0. The molecule has 0 heterocycles. The molecule has 0 saturated carbocycles. The summed E-state index contributed by atoms with van der Waals surface area (Å²) >= 11 is 15.2. The number of alkyl halides is 1. The Morgan fingerprint density at radius 1 is 1.33 bits per heavy atom. The van der Waals surface area contributed by atoms with Crippen molar-refractivity contribution >= 4 is 39.1 Å². The summed E-state index contributed by atoms with van der Waals surface area (Å²) in [4.78, 5) is 0. The first kappa shape index (κ1) is 13.1. The summed E-state index contributed by atoms with van der Waals surface area (Å²) in [6.45, 7) is 4.84. The first-order chi connectivity index (χ1) is 6.94. The second-order valence-electron chi connectivity index (χ2n) is 4.16. The highest BCUT2D eigenvalue weighted by atomic mass is 79.9. The van der Waals surface area contributed by atoms with E-state index in [-0.39, 0.29) is 5.41 Å². The number of hydrogen-bond acceptors (Lipinski definition) is 1. The Morgan fingerprint density at radius 3 is 2.53 bits per heavy atom. The van der Waals surface area contributed by atoms with Crippen molar-refractivity contribution in [2.45, 2.75) is 13.8 Å². The maximum absolute atomic E-state index is 5.98. The van der Waals surface area contributed by atoms with Gasteiger partial charge in [-0.25, -0.2) is 0 Å². The molecule has 1 aromatic carbocycles. The maximum Gasteiger partial charge on any atom is 0.138 e. The van der Waals surface area contributed by atoms with Gasteiger partial charge in [-0.2, -0.15) is 0 Å². The van der Waals surface area contributed by atoms with Crippen LogP contribution in [0.2, 0.25) is 10.0 Å². The third-order valence-corrected chi connectivity index (χ3v) is 3.92. The van der Waals surface area contributed by atoms with Gasteiger partial charge in [0.2, 0.25) is 0 Å². The van der Waals surface area contributed by atoms with Crippen LogP contribution in [0.25, 0.3) is 0 Å². The molecule has 0 N–H and O–H groups in total. The van der Waals surface area contributed by atoms with Gasteiger partial charge in [0.15, 0.2) is 0 Å². The lowest BCUT2D eigenvalue weighted by atomic mass is 9.98. The van der Waals surface area contributed by atoms with Gasteiger partial charge in [0.1, 0.15) is 5.75 Å². The van der Waals surface area contributed by atoms with Gasteiger partial charge >= 0.3 is 0 Å². The van der Waals surface area contributed by atoms with Crippen molar-refractivity contribution < 1.29 is 4.74 Å². The monoisotopic (exact) mass is 310 g/mol. The molecule has 0 radical (unpaired) electrons. The van der Waals surface area contributed by atoms with E-state index in [0.29, 0.717) is 22.4 Å². The van der Waals surface area contributed by atoms with Crippen LogP contribution in [0.5, 0.6) is 5.75 Å². The molecular weight excluding hydrogens is 299 g/mol. The quantitative estimate of drug-likeness (QED) is 0.726. The van der Waals surface area contributed by atoms with Crippen LogP contribution < -0.4 is 4.74 Å². The van der Waals surface area contributed by atoms with Gasteiger partial charge in [0, 0.05) is 15.8 Å². The molecular formula is C11H13BrCl2O. The third-order valence-electron chi connectivity index (χ3n) is 1.87. The fraction of sp³-hybridized carbons (Fsp3) is 0.455. The molecule has 1 nitrogen and oxygen atoms in total. The first-order valence-corrected chi connectivity index (χ1v) is 6.46. The van der Waals surface area contributed by atoms with Crippen molar-refractivity contribution in [3.8, 4) is 5.75 Å². The van der Waals surface area contributed by atoms with Crippen LogP contribution in [0.3, 0.4) is 0 Å². The zero-order valence-electron chi connectivity index (χ0n) is 8.69. The van der Waals surface area contributed by atoms with Crippen LogP contribution in [0.1, 0.15) is 13.8 Å². The molecule has 1 rings (SSSR count). The predicted octanol–water partition coefficient (Wildman–Crippen LogP) is 4.79. The van der Waals surface area contributed by atoms with E-state index in [1.54, 1.807) is 18.2 Å². The van der Waals surface area contributed by atoms with Crippen LogP contribution in [0.15, 0.2) is 18.2 Å². The van der Waals surface area contributed by atoms with E-state index in [0.717, 1.165) is 5.33 Å². The lowest BCUT2D eigenvalue weighted by Gasteiger charge is -2.22. The Kier molecular flexibility index (Phi) is 4.75. The SMILES string of the molecule is CC(C)(CBr)COc1ccc(Cl)cc1Cl. The van der Waals surface area contributed by atoms with Crippen LogP contribution in [-0.4, -0.2) is 11.9 Å². The molecule has 4 heteroatoms. The maximum atomic E-state index is 5.98. The van der Waals surface area contributed by atoms with Gasteiger partial charge in [0.25, 0.3) is 0 Å². The summed E-state index contributed by atoms with van der Waals surface area (Å²) in [6, 6.07) is 5.23. The smallest absolute Gasteiger partial charge is 0.138 e. The summed E-state index contributed by atoms with van der Waals surface area (Å²) in [6.07, 6.45) is 0. The zero-order valence-corrected chi connectivity index (χ0v) is 11.8. The molecule has 0 fully saturated rings. The van der Waals surface area contributed by atoms with Crippen molar-refractivity contribution in [1.29, 1.82) is 0 Å². The topological polar surface area (TPSA) is 9.23 Å². The molecule has 0 atom stereocenters. The molecule has 84 valence electrons. The van der Waals surface area contributed by atoms with Crippen LogP contribution in [0.4, 0.5) is 0 Å². The minimum atomic E-state index is 0.0863. The molecule has 0 spiro atoms. The Bertz CT molecular complexity index is 339. The lowest BCUT2D eigenvalue weighted by molar-refractivity contribution is 0.203. The Hall–Kier alpha value is 0.0800. The Labute approximate surface area is 109 Å². The summed E-state index contributed by atoms with van der Waals surface area (Å²) in [5.41, 5.74) is 0.0863. The van der Waals surface area contributed by atoms with Gasteiger partial charge in [-0.05, 0) is 18.2 Å². The van der Waals surface area contributed by atoms with Crippen LogP contribution in [-0.2, 0) is 0 Å². The normalized spacial score (nSPS) is 11.5. The average molecular weight is 312 g/mol. The molecule has 0 aromatic heterocycles. The molecule has 1 aromatic rings. The standard InChI is InChI=1S/C11H13BrCl2O/c1-11(2,6-12)7-15-10-4-3-8(13)5-9(10)14/h3-5H,6-7H2,1-2H3. The second kappa shape index (κ2) is 5.42. The number of rotatable bonds is 4. The Morgan fingerprint density at radius 2 is 2.00 bits per heavy atom. The molecule has 0 aliphatic heterocycles. The van der Waals surface area contributed by atoms with E-state index in [4.69, 9.17) is 27.9 Å². The van der Waals surface area contributed by atoms with Gasteiger partial charge in [-0.1, -0.05) is 53.0 Å². The Balaban J connectivity index is 2.66. The van der Waals surface area contributed by atoms with Crippen molar-refractivity contribution in [1.82, 2.24) is 0 Å². The van der Waals surface area contributed by atoms with E-state index >= 15 is 0 Å². The van der Waals surface area contributed by atoms with Crippen molar-refractivity contribution in [2.24, 2.45) is 5.41 Å². The van der Waals surface area contributed by atoms with Gasteiger partial charge in [-0.15, -0.1) is 0 Å². The molecule has 0 aliphatic rings. The summed E-state index contributed by atoms with van der Waals surface area (Å²) in [7, 11) is 0. The fourth-order valence-corrected chi connectivity index (χ4v) is 1.53. The molecule has 0 amide bonds. The third kappa shape index (κ3) is 4.21. The van der Waals surface area contributed by atoms with Crippen LogP contribution >= 0.6 is 39.1 Å². The minimum absolute atomic E-state index is 0.0863. The van der Waals surface area contributed by atoms with Crippen molar-refractivity contribution in [2.75, 3.05) is 11.9 Å². The fourth-order valence-electron chi connectivity index (χ4n) is 0.904. The molecule has 0 bridgehead atoms. The first-order valence-electron chi connectivity index (χ1n) is 4.58. The summed E-state index contributed by atoms with van der Waals surface area (Å²) in [5, 5.41) is 2.05. The second-order valence-corrected chi connectivity index (χ2v) is 5.57. The lowest BCUT2D eigenvalue weighted by Crippen LogP contribution is -2.22. The van der Waals surface area contributed by atoms with Gasteiger partial charge < -0.3 is 4.74 Å². The highest BCUT2D eigenvalue weighted by molar-refractivity contribution is 9.09.